The number of nitriles is 1. The van der Waals surface area contributed by atoms with Crippen molar-refractivity contribution in [2.45, 2.75) is 32.0 Å². The molecule has 0 amide bonds. The largest absolute Gasteiger partial charge is 0.479 e. The molecule has 1 atom stereocenters. The minimum Gasteiger partial charge on any atom is -0.479 e. The summed E-state index contributed by atoms with van der Waals surface area (Å²) in [7, 11) is 0. The van der Waals surface area contributed by atoms with Crippen LogP contribution < -0.4 is 4.74 Å². The van der Waals surface area contributed by atoms with Crippen LogP contribution in [0.15, 0.2) is 18.2 Å². The van der Waals surface area contributed by atoms with Gasteiger partial charge in [0.05, 0.1) is 17.2 Å². The van der Waals surface area contributed by atoms with E-state index in [1.807, 2.05) is 0 Å². The van der Waals surface area contributed by atoms with Crippen LogP contribution in [0.1, 0.15) is 30.9 Å². The standard InChI is InChI=1S/C13H12F3NO3/c1-2-3-11(12(18)19)20-9-5-4-8(7-17)10(6-9)13(14,15)16/h4-6,11H,2-3H2,1H3,(H,18,19)/t11-/m0/s1. The highest BCUT2D eigenvalue weighted by atomic mass is 19.4. The minimum atomic E-state index is -4.70. The van der Waals surface area contributed by atoms with Crippen LogP contribution in [0, 0.1) is 11.3 Å². The van der Waals surface area contributed by atoms with E-state index in [-0.39, 0.29) is 12.2 Å². The first-order valence-electron chi connectivity index (χ1n) is 5.80. The molecule has 0 spiro atoms. The first-order valence-corrected chi connectivity index (χ1v) is 5.80. The Kier molecular flexibility index (Phi) is 4.97. The van der Waals surface area contributed by atoms with E-state index in [0.717, 1.165) is 12.1 Å². The van der Waals surface area contributed by atoms with Crippen LogP contribution in [0.3, 0.4) is 0 Å². The molecular weight excluding hydrogens is 275 g/mol. The quantitative estimate of drug-likeness (QED) is 0.902. The van der Waals surface area contributed by atoms with Gasteiger partial charge in [-0.3, -0.25) is 0 Å². The molecule has 0 aliphatic rings. The summed E-state index contributed by atoms with van der Waals surface area (Å²) < 4.78 is 43.3. The molecule has 0 saturated carbocycles. The molecule has 20 heavy (non-hydrogen) atoms. The number of benzene rings is 1. The van der Waals surface area contributed by atoms with E-state index in [0.29, 0.717) is 12.5 Å². The van der Waals surface area contributed by atoms with Crippen LogP contribution in [0.2, 0.25) is 0 Å². The Hall–Kier alpha value is -2.23. The average molecular weight is 287 g/mol. The number of carbonyl (C=O) groups is 1. The third-order valence-corrected chi connectivity index (χ3v) is 2.52. The van der Waals surface area contributed by atoms with Crippen LogP contribution in [0.25, 0.3) is 0 Å². The van der Waals surface area contributed by atoms with E-state index in [1.54, 1.807) is 6.92 Å². The Morgan fingerprint density at radius 3 is 2.60 bits per heavy atom. The fraction of sp³-hybridized carbons (Fsp3) is 0.385. The molecule has 1 N–H and O–H groups in total. The number of hydrogen-bond acceptors (Lipinski definition) is 3. The molecule has 4 nitrogen and oxygen atoms in total. The fourth-order valence-electron chi connectivity index (χ4n) is 1.59. The van der Waals surface area contributed by atoms with E-state index in [2.05, 4.69) is 0 Å². The number of ether oxygens (including phenoxy) is 1. The van der Waals surface area contributed by atoms with Crippen molar-refractivity contribution >= 4 is 5.97 Å². The molecule has 1 rings (SSSR count). The van der Waals surface area contributed by atoms with Crippen LogP contribution in [0.4, 0.5) is 13.2 Å². The van der Waals surface area contributed by atoms with Gasteiger partial charge in [-0.2, -0.15) is 18.4 Å². The summed E-state index contributed by atoms with van der Waals surface area (Å²) in [5.41, 5.74) is -1.68. The SMILES string of the molecule is CCC[C@H](Oc1ccc(C#N)c(C(F)(F)F)c1)C(=O)O. The lowest BCUT2D eigenvalue weighted by molar-refractivity contribution is -0.145. The monoisotopic (exact) mass is 287 g/mol. The third kappa shape index (κ3) is 3.88. The summed E-state index contributed by atoms with van der Waals surface area (Å²) in [6, 6.07) is 4.20. The Morgan fingerprint density at radius 2 is 2.15 bits per heavy atom. The first kappa shape index (κ1) is 15.8. The van der Waals surface area contributed by atoms with E-state index < -0.39 is 29.4 Å². The van der Waals surface area contributed by atoms with Crippen molar-refractivity contribution in [2.75, 3.05) is 0 Å². The molecule has 108 valence electrons. The van der Waals surface area contributed by atoms with Gasteiger partial charge in [0.15, 0.2) is 6.10 Å². The zero-order chi connectivity index (χ0) is 15.3. The lowest BCUT2D eigenvalue weighted by Gasteiger charge is -2.16. The van der Waals surface area contributed by atoms with Gasteiger partial charge < -0.3 is 9.84 Å². The number of nitrogens with zero attached hydrogens (tertiary/aromatic N) is 1. The van der Waals surface area contributed by atoms with Crippen LogP contribution in [-0.4, -0.2) is 17.2 Å². The summed E-state index contributed by atoms with van der Waals surface area (Å²) >= 11 is 0. The third-order valence-electron chi connectivity index (χ3n) is 2.52. The Labute approximate surface area is 113 Å². The highest BCUT2D eigenvalue weighted by Crippen LogP contribution is 2.34. The lowest BCUT2D eigenvalue weighted by atomic mass is 10.1. The van der Waals surface area contributed by atoms with Gasteiger partial charge in [-0.05, 0) is 24.6 Å². The van der Waals surface area contributed by atoms with Crippen molar-refractivity contribution in [2.24, 2.45) is 0 Å². The van der Waals surface area contributed by atoms with Gasteiger partial charge in [-0.15, -0.1) is 0 Å². The van der Waals surface area contributed by atoms with Crippen LogP contribution in [0.5, 0.6) is 5.75 Å². The van der Waals surface area contributed by atoms with Crippen molar-refractivity contribution in [3.63, 3.8) is 0 Å². The molecule has 0 aromatic heterocycles. The van der Waals surface area contributed by atoms with Crippen molar-refractivity contribution in [1.82, 2.24) is 0 Å². The Bertz CT molecular complexity index is 535. The second-order valence-corrected chi connectivity index (χ2v) is 4.05. The maximum atomic E-state index is 12.7. The molecule has 0 saturated heterocycles. The zero-order valence-electron chi connectivity index (χ0n) is 10.6. The second-order valence-electron chi connectivity index (χ2n) is 4.05. The second kappa shape index (κ2) is 6.28. The highest BCUT2D eigenvalue weighted by Gasteiger charge is 2.34. The normalized spacial score (nSPS) is 12.6. The van der Waals surface area contributed by atoms with Gasteiger partial charge in [0.2, 0.25) is 0 Å². The van der Waals surface area contributed by atoms with Crippen molar-refractivity contribution in [3.8, 4) is 11.8 Å². The van der Waals surface area contributed by atoms with Gasteiger partial charge in [0.25, 0.3) is 0 Å². The summed E-state index contributed by atoms with van der Waals surface area (Å²) in [5, 5.41) is 17.5. The maximum absolute atomic E-state index is 12.7. The molecule has 0 bridgehead atoms. The number of carboxylic acids is 1. The zero-order valence-corrected chi connectivity index (χ0v) is 10.6. The summed E-state index contributed by atoms with van der Waals surface area (Å²) in [6.45, 7) is 1.74. The van der Waals surface area contributed by atoms with E-state index in [4.69, 9.17) is 15.1 Å². The molecule has 1 aromatic rings. The number of carboxylic acid groups (broad SMARTS) is 1. The molecule has 0 unspecified atom stereocenters. The average Bonchev–Trinajstić information content (AvgIpc) is 2.37. The summed E-state index contributed by atoms with van der Waals surface area (Å²) in [5.74, 6) is -1.47. The van der Waals surface area contributed by atoms with Gasteiger partial charge in [-0.1, -0.05) is 13.3 Å². The smallest absolute Gasteiger partial charge is 0.417 e. The summed E-state index contributed by atoms with van der Waals surface area (Å²) in [4.78, 5) is 10.9. The molecule has 0 aliphatic carbocycles. The molecule has 0 aliphatic heterocycles. The van der Waals surface area contributed by atoms with E-state index in [1.165, 1.54) is 6.07 Å². The van der Waals surface area contributed by atoms with E-state index in [9.17, 15) is 18.0 Å². The molecule has 0 radical (unpaired) electrons. The highest BCUT2D eigenvalue weighted by molar-refractivity contribution is 5.72. The lowest BCUT2D eigenvalue weighted by Crippen LogP contribution is -2.26. The van der Waals surface area contributed by atoms with Crippen LogP contribution >= 0.6 is 0 Å². The predicted molar refractivity (Wildman–Crippen MR) is 63.1 cm³/mol. The molecular formula is C13H12F3NO3. The number of rotatable bonds is 5. The minimum absolute atomic E-state index is 0.177. The van der Waals surface area contributed by atoms with Gasteiger partial charge in [-0.25, -0.2) is 4.79 Å². The van der Waals surface area contributed by atoms with Crippen molar-refractivity contribution < 1.29 is 27.8 Å². The number of hydrogen-bond donors (Lipinski definition) is 1. The van der Waals surface area contributed by atoms with Crippen molar-refractivity contribution in [1.29, 1.82) is 5.26 Å². The number of aliphatic carboxylic acids is 1. The van der Waals surface area contributed by atoms with Gasteiger partial charge in [0.1, 0.15) is 5.75 Å². The fourth-order valence-corrected chi connectivity index (χ4v) is 1.59. The Balaban J connectivity index is 3.09. The first-order chi connectivity index (χ1) is 9.29. The molecule has 0 fully saturated rings. The maximum Gasteiger partial charge on any atom is 0.417 e. The molecule has 0 heterocycles. The molecule has 7 heteroatoms. The molecule has 1 aromatic carbocycles. The van der Waals surface area contributed by atoms with Gasteiger partial charge in [0, 0.05) is 0 Å². The van der Waals surface area contributed by atoms with Crippen LogP contribution in [-0.2, 0) is 11.0 Å². The topological polar surface area (TPSA) is 70.3 Å². The number of alkyl halides is 3. The predicted octanol–water partition coefficient (Wildman–Crippen LogP) is 3.21. The van der Waals surface area contributed by atoms with Gasteiger partial charge >= 0.3 is 12.1 Å². The van der Waals surface area contributed by atoms with E-state index >= 15 is 0 Å². The summed E-state index contributed by atoms with van der Waals surface area (Å²) in [6.07, 6.45) is -5.22. The van der Waals surface area contributed by atoms with Crippen molar-refractivity contribution in [3.05, 3.63) is 29.3 Å². The number of halogens is 3. The Morgan fingerprint density at radius 1 is 1.50 bits per heavy atom.